The van der Waals surface area contributed by atoms with E-state index in [1.165, 1.54) is 6.20 Å². The third-order valence-electron chi connectivity index (χ3n) is 7.96. The molecule has 44 heavy (non-hydrogen) atoms. The molecule has 1 aromatic carbocycles. The summed E-state index contributed by atoms with van der Waals surface area (Å²) < 4.78 is 11.0. The zero-order valence-electron chi connectivity index (χ0n) is 24.5. The zero-order chi connectivity index (χ0) is 31.3. The van der Waals surface area contributed by atoms with E-state index in [0.29, 0.717) is 52.2 Å². The van der Waals surface area contributed by atoms with Crippen LogP contribution in [0.2, 0.25) is 5.02 Å². The molecule has 1 saturated heterocycles. The molecule has 2 unspecified atom stereocenters. The van der Waals surface area contributed by atoms with Crippen molar-refractivity contribution in [2.75, 3.05) is 27.3 Å². The molecule has 2 aliphatic rings. The van der Waals surface area contributed by atoms with Crippen molar-refractivity contribution < 1.29 is 19.4 Å². The van der Waals surface area contributed by atoms with Crippen molar-refractivity contribution in [1.29, 1.82) is 5.26 Å². The molecule has 9 nitrogen and oxygen atoms in total. The summed E-state index contributed by atoms with van der Waals surface area (Å²) in [7, 11) is 3.10. The Labute approximate surface area is 266 Å². The normalized spacial score (nSPS) is 20.0. The number of benzene rings is 1. The van der Waals surface area contributed by atoms with Crippen LogP contribution in [-0.2, 0) is 30.0 Å². The Morgan fingerprint density at radius 3 is 2.70 bits per heavy atom. The maximum absolute atomic E-state index is 13.9. The number of aromatic nitrogens is 2. The Balaban J connectivity index is 1.53. The number of pyridine rings is 2. The fourth-order valence-corrected chi connectivity index (χ4v) is 6.33. The van der Waals surface area contributed by atoms with Crippen molar-refractivity contribution in [2.24, 2.45) is 5.92 Å². The molecular weight excluding hydrogens is 601 g/mol. The molecule has 0 bridgehead atoms. The van der Waals surface area contributed by atoms with Crippen molar-refractivity contribution in [3.05, 3.63) is 106 Å². The van der Waals surface area contributed by atoms with E-state index >= 15 is 0 Å². The van der Waals surface area contributed by atoms with Crippen LogP contribution in [0.5, 0.6) is 5.88 Å². The first-order chi connectivity index (χ1) is 21.3. The van der Waals surface area contributed by atoms with E-state index in [1.807, 2.05) is 48.6 Å². The molecule has 1 aliphatic carbocycles. The van der Waals surface area contributed by atoms with Gasteiger partial charge in [-0.1, -0.05) is 54.1 Å². The molecule has 1 fully saturated rings. The summed E-state index contributed by atoms with van der Waals surface area (Å²) in [5, 5.41) is 21.5. The van der Waals surface area contributed by atoms with Crippen LogP contribution in [0.15, 0.2) is 66.9 Å². The molecule has 5 rings (SSSR count). The van der Waals surface area contributed by atoms with E-state index in [9.17, 15) is 9.90 Å². The standard InChI is InChI=1S/C33H33Cl2N5O4/c1-43-20-23-14-28(37-15-24(23)19-41)31(42)39-33(12-5-7-26(30(33)35)25-6-3-4-8-27(25)34)29-10-9-22(32(38-29)44-2)18-40-16-21(17-40)11-13-36/h3-10,12,14-15,21,30,41H,11,16-20H2,1-2H3,(H,39,42). The van der Waals surface area contributed by atoms with Gasteiger partial charge in [-0.15, -0.1) is 11.6 Å². The van der Waals surface area contributed by atoms with Crippen LogP contribution in [0.1, 0.15) is 44.9 Å². The number of hydrogen-bond donors (Lipinski definition) is 2. The number of alkyl halides is 1. The summed E-state index contributed by atoms with van der Waals surface area (Å²) in [5.74, 6) is 0.302. The molecule has 1 amide bonds. The summed E-state index contributed by atoms with van der Waals surface area (Å²) in [4.78, 5) is 25.3. The highest BCUT2D eigenvalue weighted by Crippen LogP contribution is 2.43. The average molecular weight is 635 g/mol. The van der Waals surface area contributed by atoms with Crippen LogP contribution in [0, 0.1) is 17.2 Å². The smallest absolute Gasteiger partial charge is 0.270 e. The summed E-state index contributed by atoms with van der Waals surface area (Å²) in [6.45, 7) is 2.26. The number of carbonyl (C=O) groups excluding carboxylic acids is 1. The minimum atomic E-state index is -1.32. The largest absolute Gasteiger partial charge is 0.481 e. The summed E-state index contributed by atoms with van der Waals surface area (Å²) in [6.07, 6.45) is 7.52. The summed E-state index contributed by atoms with van der Waals surface area (Å²) >= 11 is 13.9. The third kappa shape index (κ3) is 6.36. The number of ether oxygens (including phenoxy) is 2. The van der Waals surface area contributed by atoms with Crippen molar-refractivity contribution in [3.8, 4) is 11.9 Å². The lowest BCUT2D eigenvalue weighted by Crippen LogP contribution is -2.52. The van der Waals surface area contributed by atoms with Gasteiger partial charge in [0.25, 0.3) is 5.91 Å². The Hall–Kier alpha value is -3.78. The molecule has 11 heteroatoms. The number of allylic oxidation sites excluding steroid dienone is 2. The predicted molar refractivity (Wildman–Crippen MR) is 168 cm³/mol. The molecule has 3 heterocycles. The number of nitrogens with one attached hydrogen (secondary N) is 1. The quantitative estimate of drug-likeness (QED) is 0.283. The summed E-state index contributed by atoms with van der Waals surface area (Å²) in [5.41, 5.74) is 2.82. The van der Waals surface area contributed by atoms with Crippen LogP contribution < -0.4 is 10.1 Å². The molecule has 2 aromatic heterocycles. The summed E-state index contributed by atoms with van der Waals surface area (Å²) in [6, 6.07) is 15.0. The minimum absolute atomic E-state index is 0.132. The van der Waals surface area contributed by atoms with E-state index in [0.717, 1.165) is 24.2 Å². The SMILES string of the molecule is COCc1cc(C(=O)NC2(c3ccc(CN4CC(CC#N)C4)c(OC)n3)C=CC=C(c3ccccc3Cl)C2Cl)ncc1CO. The molecule has 0 radical (unpaired) electrons. The van der Waals surface area contributed by atoms with Crippen molar-refractivity contribution in [3.63, 3.8) is 0 Å². The Morgan fingerprint density at radius 2 is 2.00 bits per heavy atom. The fraction of sp³-hybridized carbons (Fsp3) is 0.333. The molecule has 3 aromatic rings. The number of nitriles is 1. The lowest BCUT2D eigenvalue weighted by Gasteiger charge is -2.40. The molecule has 228 valence electrons. The average Bonchev–Trinajstić information content (AvgIpc) is 3.01. The molecular formula is C33H33Cl2N5O4. The Kier molecular flexibility index (Phi) is 9.99. The predicted octanol–water partition coefficient (Wildman–Crippen LogP) is 5.01. The molecule has 0 spiro atoms. The van der Waals surface area contributed by atoms with Gasteiger partial charge in [0.2, 0.25) is 5.88 Å². The lowest BCUT2D eigenvalue weighted by atomic mass is 9.80. The number of halogens is 2. The third-order valence-corrected chi connectivity index (χ3v) is 8.87. The number of amides is 1. The number of methoxy groups -OCH3 is 2. The number of nitrogens with zero attached hydrogens (tertiary/aromatic N) is 4. The van der Waals surface area contributed by atoms with E-state index in [1.54, 1.807) is 26.4 Å². The van der Waals surface area contributed by atoms with Crippen LogP contribution in [0.3, 0.4) is 0 Å². The molecule has 0 saturated carbocycles. The van der Waals surface area contributed by atoms with Crippen LogP contribution >= 0.6 is 23.2 Å². The maximum Gasteiger partial charge on any atom is 0.270 e. The number of hydrogen-bond acceptors (Lipinski definition) is 8. The van der Waals surface area contributed by atoms with Gasteiger partial charge in [0.1, 0.15) is 11.2 Å². The maximum atomic E-state index is 13.9. The van der Waals surface area contributed by atoms with Crippen molar-refractivity contribution in [2.45, 2.75) is 37.1 Å². The number of aliphatic hydroxyl groups excluding tert-OH is 1. The topological polar surface area (TPSA) is 121 Å². The second-order valence-electron chi connectivity index (χ2n) is 10.9. The number of carbonyl (C=O) groups is 1. The van der Waals surface area contributed by atoms with E-state index < -0.39 is 16.8 Å². The van der Waals surface area contributed by atoms with Gasteiger partial charge in [0, 0.05) is 55.5 Å². The van der Waals surface area contributed by atoms with Gasteiger partial charge in [0.15, 0.2) is 0 Å². The number of likely N-dealkylation sites (tertiary alicyclic amines) is 1. The van der Waals surface area contributed by atoms with Crippen LogP contribution in [-0.4, -0.2) is 58.6 Å². The Bertz CT molecular complexity index is 1630. The lowest BCUT2D eigenvalue weighted by molar-refractivity contribution is 0.0909. The van der Waals surface area contributed by atoms with Gasteiger partial charge in [-0.3, -0.25) is 14.7 Å². The first-order valence-corrected chi connectivity index (χ1v) is 15.0. The fourth-order valence-electron chi connectivity index (χ4n) is 5.66. The second-order valence-corrected chi connectivity index (χ2v) is 11.7. The van der Waals surface area contributed by atoms with Gasteiger partial charge in [0.05, 0.1) is 37.5 Å². The zero-order valence-corrected chi connectivity index (χ0v) is 26.0. The highest BCUT2D eigenvalue weighted by atomic mass is 35.5. The number of aliphatic hydroxyl groups is 1. The Morgan fingerprint density at radius 1 is 1.20 bits per heavy atom. The molecule has 1 aliphatic heterocycles. The monoisotopic (exact) mass is 633 g/mol. The van der Waals surface area contributed by atoms with Gasteiger partial charge in [-0.25, -0.2) is 4.98 Å². The van der Waals surface area contributed by atoms with Gasteiger partial charge in [-0.2, -0.15) is 5.26 Å². The van der Waals surface area contributed by atoms with Crippen molar-refractivity contribution in [1.82, 2.24) is 20.2 Å². The van der Waals surface area contributed by atoms with E-state index in [-0.39, 0.29) is 18.9 Å². The molecule has 2 atom stereocenters. The van der Waals surface area contributed by atoms with Gasteiger partial charge < -0.3 is 19.9 Å². The van der Waals surface area contributed by atoms with Crippen LogP contribution in [0.25, 0.3) is 5.57 Å². The molecule has 2 N–H and O–H groups in total. The van der Waals surface area contributed by atoms with Gasteiger partial charge in [-0.05, 0) is 40.8 Å². The van der Waals surface area contributed by atoms with Crippen molar-refractivity contribution >= 4 is 34.7 Å². The van der Waals surface area contributed by atoms with Gasteiger partial charge >= 0.3 is 0 Å². The van der Waals surface area contributed by atoms with E-state index in [2.05, 4.69) is 21.3 Å². The van der Waals surface area contributed by atoms with E-state index in [4.69, 9.17) is 42.9 Å². The number of rotatable bonds is 11. The van der Waals surface area contributed by atoms with Crippen LogP contribution in [0.4, 0.5) is 0 Å². The highest BCUT2D eigenvalue weighted by molar-refractivity contribution is 6.34. The first-order valence-electron chi connectivity index (χ1n) is 14.2. The highest BCUT2D eigenvalue weighted by Gasteiger charge is 2.45. The minimum Gasteiger partial charge on any atom is -0.481 e. The second kappa shape index (κ2) is 13.9. The first kappa shape index (κ1) is 31.6.